The molecule has 1 fully saturated rings. The van der Waals surface area contributed by atoms with E-state index in [-0.39, 0.29) is 17.7 Å². The Bertz CT molecular complexity index is 1560. The van der Waals surface area contributed by atoms with Crippen molar-refractivity contribution in [3.8, 4) is 11.6 Å². The summed E-state index contributed by atoms with van der Waals surface area (Å²) in [6.07, 6.45) is 6.28. The van der Waals surface area contributed by atoms with E-state index in [0.29, 0.717) is 24.6 Å². The second kappa shape index (κ2) is 7.63. The molecule has 1 N–H and O–H groups in total. The van der Waals surface area contributed by atoms with Gasteiger partial charge in [-0.1, -0.05) is 24.3 Å². The number of hydrogen-bond donors (Lipinski definition) is 1. The zero-order chi connectivity index (χ0) is 23.5. The molecule has 1 atom stereocenters. The maximum absolute atomic E-state index is 13.8. The third-order valence-corrected chi connectivity index (χ3v) is 6.82. The van der Waals surface area contributed by atoms with Crippen molar-refractivity contribution in [1.82, 2.24) is 30.0 Å². The normalized spacial score (nSPS) is 17.6. The van der Waals surface area contributed by atoms with Gasteiger partial charge in [0.15, 0.2) is 0 Å². The van der Waals surface area contributed by atoms with E-state index in [2.05, 4.69) is 31.2 Å². The average Bonchev–Trinajstić information content (AvgIpc) is 3.27. The molecule has 9 heteroatoms. The van der Waals surface area contributed by atoms with Crippen LogP contribution in [-0.2, 0) is 6.42 Å². The molecule has 1 aliphatic heterocycles. The number of carbonyl (C=O) groups is 1. The second-order valence-corrected chi connectivity index (χ2v) is 9.20. The van der Waals surface area contributed by atoms with Crippen molar-refractivity contribution in [2.24, 2.45) is 0 Å². The van der Waals surface area contributed by atoms with Gasteiger partial charge in [0.1, 0.15) is 23.1 Å². The fraction of sp³-hybridized carbons (Fsp3) is 0.269. The van der Waals surface area contributed by atoms with E-state index in [1.54, 1.807) is 23.5 Å². The Morgan fingerprint density at radius 2 is 1.97 bits per heavy atom. The number of furan rings is 1. The van der Waals surface area contributed by atoms with Crippen LogP contribution >= 0.6 is 0 Å². The van der Waals surface area contributed by atoms with Gasteiger partial charge in [-0.05, 0) is 43.4 Å². The van der Waals surface area contributed by atoms with E-state index in [4.69, 9.17) is 8.83 Å². The van der Waals surface area contributed by atoms with Crippen LogP contribution in [0.2, 0.25) is 0 Å². The van der Waals surface area contributed by atoms with Crippen molar-refractivity contribution >= 4 is 16.9 Å². The molecule has 35 heavy (non-hydrogen) atoms. The molecular weight excluding hydrogens is 444 g/mol. The lowest BCUT2D eigenvalue weighted by Crippen LogP contribution is -2.41. The topological polar surface area (TPSA) is 114 Å². The van der Waals surface area contributed by atoms with Crippen molar-refractivity contribution in [3.63, 3.8) is 0 Å². The first-order valence-electron chi connectivity index (χ1n) is 11.8. The highest BCUT2D eigenvalue weighted by Gasteiger charge is 2.42. The van der Waals surface area contributed by atoms with Crippen molar-refractivity contribution in [1.29, 1.82) is 0 Å². The Morgan fingerprint density at radius 3 is 2.80 bits per heavy atom. The van der Waals surface area contributed by atoms with Crippen LogP contribution in [0.1, 0.15) is 63.8 Å². The molecule has 174 valence electrons. The van der Waals surface area contributed by atoms with Crippen LogP contribution in [0.5, 0.6) is 0 Å². The van der Waals surface area contributed by atoms with Gasteiger partial charge in [-0.15, -0.1) is 10.2 Å². The van der Waals surface area contributed by atoms with Gasteiger partial charge in [-0.2, -0.15) is 0 Å². The van der Waals surface area contributed by atoms with Gasteiger partial charge in [0.25, 0.3) is 5.89 Å². The predicted molar refractivity (Wildman–Crippen MR) is 126 cm³/mol. The third kappa shape index (κ3) is 3.26. The maximum atomic E-state index is 13.8. The largest absolute Gasteiger partial charge is 0.458 e. The fourth-order valence-corrected chi connectivity index (χ4v) is 4.97. The number of nitrogens with zero attached hydrogens (tertiary/aromatic N) is 5. The lowest BCUT2D eigenvalue weighted by atomic mass is 9.95. The van der Waals surface area contributed by atoms with Gasteiger partial charge in [0.05, 0.1) is 12.0 Å². The van der Waals surface area contributed by atoms with Crippen molar-refractivity contribution in [2.45, 2.75) is 38.1 Å². The van der Waals surface area contributed by atoms with Crippen LogP contribution in [0, 0.1) is 6.92 Å². The summed E-state index contributed by atoms with van der Waals surface area (Å²) in [7, 11) is 0. The summed E-state index contributed by atoms with van der Waals surface area (Å²) in [4.78, 5) is 27.7. The van der Waals surface area contributed by atoms with E-state index >= 15 is 0 Å². The van der Waals surface area contributed by atoms with Gasteiger partial charge in [-0.3, -0.25) is 9.78 Å². The summed E-state index contributed by atoms with van der Waals surface area (Å²) < 4.78 is 12.2. The summed E-state index contributed by atoms with van der Waals surface area (Å²) in [6.45, 7) is 2.42. The molecule has 5 aromatic rings. The molecule has 4 aromatic heterocycles. The van der Waals surface area contributed by atoms with Crippen molar-refractivity contribution in [2.75, 3.05) is 6.54 Å². The first-order chi connectivity index (χ1) is 17.2. The molecule has 0 radical (unpaired) electrons. The summed E-state index contributed by atoms with van der Waals surface area (Å²) in [5, 5.41) is 9.25. The van der Waals surface area contributed by atoms with Gasteiger partial charge in [0, 0.05) is 35.8 Å². The standard InChI is InChI=1S/C26H22N6O3/c1-14-6-9-18(27-12-14)24-30-31-25(35-24)26(33)32-11-10-17-21(29-13-28-17)22(32)23-20(15-7-8-15)16-4-2-3-5-19(16)34-23/h2-6,9,12-13,15,22H,7-8,10-11H2,1H3,(H,28,29)/t22-/m1/s1. The van der Waals surface area contributed by atoms with Gasteiger partial charge >= 0.3 is 11.8 Å². The number of aromatic amines is 1. The van der Waals surface area contributed by atoms with Crippen LogP contribution < -0.4 is 0 Å². The molecule has 5 heterocycles. The first-order valence-corrected chi connectivity index (χ1v) is 11.8. The number of carbonyl (C=O) groups excluding carboxylic acids is 1. The summed E-state index contributed by atoms with van der Waals surface area (Å²) in [5.41, 5.74) is 5.36. The summed E-state index contributed by atoms with van der Waals surface area (Å²) in [6, 6.07) is 11.3. The van der Waals surface area contributed by atoms with Crippen LogP contribution in [0.4, 0.5) is 0 Å². The molecule has 0 saturated heterocycles. The molecule has 2 aliphatic rings. The predicted octanol–water partition coefficient (Wildman–Crippen LogP) is 4.57. The quantitative estimate of drug-likeness (QED) is 0.412. The lowest BCUT2D eigenvalue weighted by molar-refractivity contribution is 0.0631. The number of benzene rings is 1. The number of para-hydroxylation sites is 1. The Morgan fingerprint density at radius 1 is 1.09 bits per heavy atom. The number of hydrogen-bond acceptors (Lipinski definition) is 7. The Kier molecular flexibility index (Phi) is 4.39. The number of nitrogens with one attached hydrogen (secondary N) is 1. The van der Waals surface area contributed by atoms with E-state index in [9.17, 15) is 4.79 Å². The molecule has 7 rings (SSSR count). The number of aryl methyl sites for hydroxylation is 1. The number of fused-ring (bicyclic) bond motifs is 2. The Labute approximate surface area is 200 Å². The minimum Gasteiger partial charge on any atom is -0.458 e. The van der Waals surface area contributed by atoms with Gasteiger partial charge in [0.2, 0.25) is 0 Å². The van der Waals surface area contributed by atoms with Crippen molar-refractivity contribution in [3.05, 3.63) is 83.1 Å². The monoisotopic (exact) mass is 466 g/mol. The number of imidazole rings is 1. The lowest BCUT2D eigenvalue weighted by Gasteiger charge is -2.33. The van der Waals surface area contributed by atoms with Crippen LogP contribution in [0.25, 0.3) is 22.6 Å². The first kappa shape index (κ1) is 20.1. The van der Waals surface area contributed by atoms with E-state index in [1.165, 1.54) is 5.56 Å². The molecular formula is C26H22N6O3. The van der Waals surface area contributed by atoms with Crippen LogP contribution in [0.15, 0.2) is 57.8 Å². The molecule has 0 bridgehead atoms. The van der Waals surface area contributed by atoms with Gasteiger partial charge in [-0.25, -0.2) is 4.98 Å². The SMILES string of the molecule is Cc1ccc(-c2nnc(C(=O)N3CCc4[nH]cnc4[C@@H]3c3oc4ccccc4c3C3CC3)o2)nc1. The molecule has 9 nitrogen and oxygen atoms in total. The summed E-state index contributed by atoms with van der Waals surface area (Å²) in [5.74, 6) is 0.990. The van der Waals surface area contributed by atoms with Crippen LogP contribution in [-0.4, -0.2) is 42.5 Å². The number of rotatable bonds is 4. The van der Waals surface area contributed by atoms with E-state index < -0.39 is 6.04 Å². The Balaban J connectivity index is 1.32. The number of amides is 1. The fourth-order valence-electron chi connectivity index (χ4n) is 4.97. The third-order valence-electron chi connectivity index (χ3n) is 6.82. The number of aromatic nitrogens is 5. The highest BCUT2D eigenvalue weighted by Crippen LogP contribution is 2.50. The molecule has 1 aromatic carbocycles. The Hall–Kier alpha value is -4.27. The molecule has 0 spiro atoms. The smallest absolute Gasteiger partial charge is 0.312 e. The molecule has 1 saturated carbocycles. The zero-order valence-electron chi connectivity index (χ0n) is 19.1. The van der Waals surface area contributed by atoms with E-state index in [1.807, 2.05) is 31.2 Å². The number of H-pyrrole nitrogens is 1. The number of pyridine rings is 1. The van der Waals surface area contributed by atoms with E-state index in [0.717, 1.165) is 46.5 Å². The molecule has 1 amide bonds. The summed E-state index contributed by atoms with van der Waals surface area (Å²) >= 11 is 0. The van der Waals surface area contributed by atoms with Crippen molar-refractivity contribution < 1.29 is 13.6 Å². The maximum Gasteiger partial charge on any atom is 0.312 e. The van der Waals surface area contributed by atoms with Gasteiger partial charge < -0.3 is 18.7 Å². The highest BCUT2D eigenvalue weighted by atomic mass is 16.4. The molecule has 1 aliphatic carbocycles. The minimum absolute atomic E-state index is 0.0737. The zero-order valence-corrected chi connectivity index (χ0v) is 19.1. The van der Waals surface area contributed by atoms with Crippen LogP contribution in [0.3, 0.4) is 0 Å². The highest BCUT2D eigenvalue weighted by molar-refractivity contribution is 5.91. The minimum atomic E-state index is -0.478. The molecule has 0 unspecified atom stereocenters. The average molecular weight is 467 g/mol. The second-order valence-electron chi connectivity index (χ2n) is 9.20.